The van der Waals surface area contributed by atoms with Crippen LogP contribution in [-0.2, 0) is 0 Å². The van der Waals surface area contributed by atoms with Crippen molar-refractivity contribution in [3.8, 4) is 5.75 Å². The molecule has 3 aromatic carbocycles. The van der Waals surface area contributed by atoms with Crippen LogP contribution in [0.1, 0.15) is 23.9 Å². The quantitative estimate of drug-likeness (QED) is 0.490. The van der Waals surface area contributed by atoms with Crippen molar-refractivity contribution in [3.05, 3.63) is 71.7 Å². The van der Waals surface area contributed by atoms with Crippen LogP contribution in [0.25, 0.3) is 21.0 Å². The van der Waals surface area contributed by atoms with Crippen LogP contribution in [0.3, 0.4) is 0 Å². The molecule has 4 aromatic rings. The summed E-state index contributed by atoms with van der Waals surface area (Å²) in [5.41, 5.74) is 1.07. The van der Waals surface area contributed by atoms with Crippen molar-refractivity contribution in [1.82, 2.24) is 9.88 Å². The molecule has 2 heterocycles. The molecule has 0 amide bonds. The van der Waals surface area contributed by atoms with Gasteiger partial charge in [-0.3, -0.25) is 4.90 Å². The van der Waals surface area contributed by atoms with Crippen molar-refractivity contribution in [2.75, 3.05) is 19.7 Å². The Bertz CT molecular complexity index is 1090. The minimum atomic E-state index is -0.531. The lowest BCUT2D eigenvalue weighted by Gasteiger charge is -2.25. The molecule has 5 heteroatoms. The number of hydrogen-bond acceptors (Lipinski definition) is 5. The van der Waals surface area contributed by atoms with Crippen LogP contribution in [-0.4, -0.2) is 40.8 Å². The summed E-state index contributed by atoms with van der Waals surface area (Å²) in [6.45, 7) is 1.89. The maximum Gasteiger partial charge on any atom is 0.120 e. The summed E-state index contributed by atoms with van der Waals surface area (Å²) in [4.78, 5) is 7.19. The molecule has 0 radical (unpaired) electrons. The number of hydrogen-bond donors (Lipinski definition) is 1. The van der Waals surface area contributed by atoms with Gasteiger partial charge in [-0.15, -0.1) is 11.3 Å². The highest BCUT2D eigenvalue weighted by atomic mass is 32.1. The number of β-amino-alcohol motifs (C(OH)–C–C–N with tert-alkyl or cyclic N) is 1. The topological polar surface area (TPSA) is 45.6 Å². The SMILES string of the molecule is OC(COc1ccc2ccccc2c1)CN1CCCC1c1nc2ccccc2s1. The predicted octanol–water partition coefficient (Wildman–Crippen LogP) is 5.03. The second-order valence-corrected chi connectivity index (χ2v) is 8.71. The summed E-state index contributed by atoms with van der Waals surface area (Å²) < 4.78 is 7.12. The number of aromatic nitrogens is 1. The van der Waals surface area contributed by atoms with E-state index in [1.165, 1.54) is 10.1 Å². The molecule has 0 aliphatic carbocycles. The van der Waals surface area contributed by atoms with Crippen molar-refractivity contribution in [1.29, 1.82) is 0 Å². The van der Waals surface area contributed by atoms with E-state index in [0.29, 0.717) is 19.2 Å². The molecule has 1 aliphatic rings. The Hall–Kier alpha value is -2.47. The van der Waals surface area contributed by atoms with Crippen LogP contribution < -0.4 is 4.74 Å². The summed E-state index contributed by atoms with van der Waals surface area (Å²) in [5, 5.41) is 14.1. The Morgan fingerprint density at radius 3 is 2.79 bits per heavy atom. The van der Waals surface area contributed by atoms with Crippen molar-refractivity contribution in [3.63, 3.8) is 0 Å². The summed E-state index contributed by atoms with van der Waals surface area (Å²) in [6, 6.07) is 22.9. The van der Waals surface area contributed by atoms with Crippen LogP contribution in [0.15, 0.2) is 66.7 Å². The lowest BCUT2D eigenvalue weighted by Crippen LogP contribution is -2.35. The van der Waals surface area contributed by atoms with E-state index < -0.39 is 6.10 Å². The molecule has 0 saturated carbocycles. The largest absolute Gasteiger partial charge is 0.491 e. The molecule has 2 atom stereocenters. The molecule has 1 N–H and O–H groups in total. The number of thiazole rings is 1. The van der Waals surface area contributed by atoms with E-state index >= 15 is 0 Å². The van der Waals surface area contributed by atoms with E-state index in [4.69, 9.17) is 9.72 Å². The van der Waals surface area contributed by atoms with Crippen molar-refractivity contribution in [2.24, 2.45) is 0 Å². The lowest BCUT2D eigenvalue weighted by atomic mass is 10.1. The van der Waals surface area contributed by atoms with Gasteiger partial charge in [0, 0.05) is 6.54 Å². The van der Waals surface area contributed by atoms with E-state index in [-0.39, 0.29) is 0 Å². The number of likely N-dealkylation sites (tertiary alicyclic amines) is 1. The van der Waals surface area contributed by atoms with E-state index in [0.717, 1.165) is 41.0 Å². The second-order valence-electron chi connectivity index (χ2n) is 7.65. The zero-order valence-electron chi connectivity index (χ0n) is 16.2. The molecular weight excluding hydrogens is 380 g/mol. The Labute approximate surface area is 174 Å². The van der Waals surface area contributed by atoms with Gasteiger partial charge in [0.15, 0.2) is 0 Å². The average molecular weight is 405 g/mol. The Balaban J connectivity index is 1.22. The minimum Gasteiger partial charge on any atom is -0.491 e. The molecule has 1 saturated heterocycles. The van der Waals surface area contributed by atoms with Crippen LogP contribution >= 0.6 is 11.3 Å². The van der Waals surface area contributed by atoms with Gasteiger partial charge in [0.25, 0.3) is 0 Å². The Morgan fingerprint density at radius 2 is 1.90 bits per heavy atom. The van der Waals surface area contributed by atoms with Crippen molar-refractivity contribution in [2.45, 2.75) is 25.0 Å². The van der Waals surface area contributed by atoms with E-state index in [1.807, 2.05) is 30.3 Å². The number of ether oxygens (including phenoxy) is 1. The number of para-hydroxylation sites is 1. The zero-order chi connectivity index (χ0) is 19.6. The van der Waals surface area contributed by atoms with Gasteiger partial charge in [-0.2, -0.15) is 0 Å². The van der Waals surface area contributed by atoms with Gasteiger partial charge in [-0.05, 0) is 54.4 Å². The van der Waals surface area contributed by atoms with Crippen LogP contribution in [0.2, 0.25) is 0 Å². The van der Waals surface area contributed by atoms with Crippen LogP contribution in [0.4, 0.5) is 0 Å². The minimum absolute atomic E-state index is 0.293. The number of nitrogens with zero attached hydrogens (tertiary/aromatic N) is 2. The number of aliphatic hydroxyl groups excluding tert-OH is 1. The van der Waals surface area contributed by atoms with Crippen molar-refractivity contribution >= 4 is 32.3 Å². The molecule has 0 bridgehead atoms. The van der Waals surface area contributed by atoms with Crippen LogP contribution in [0, 0.1) is 0 Å². The highest BCUT2D eigenvalue weighted by Gasteiger charge is 2.30. The van der Waals surface area contributed by atoms with E-state index in [2.05, 4.69) is 41.3 Å². The highest BCUT2D eigenvalue weighted by Crippen LogP contribution is 2.36. The highest BCUT2D eigenvalue weighted by molar-refractivity contribution is 7.18. The fraction of sp³-hybridized carbons (Fsp3) is 0.292. The zero-order valence-corrected chi connectivity index (χ0v) is 17.0. The normalized spacial score (nSPS) is 18.4. The second kappa shape index (κ2) is 8.11. The smallest absolute Gasteiger partial charge is 0.120 e. The average Bonchev–Trinajstić information content (AvgIpc) is 3.38. The van der Waals surface area contributed by atoms with Gasteiger partial charge in [0.1, 0.15) is 23.5 Å². The maximum absolute atomic E-state index is 10.6. The summed E-state index contributed by atoms with van der Waals surface area (Å²) >= 11 is 1.77. The molecule has 5 rings (SSSR count). The third kappa shape index (κ3) is 3.99. The number of rotatable bonds is 6. The molecule has 1 aromatic heterocycles. The van der Waals surface area contributed by atoms with Gasteiger partial charge < -0.3 is 9.84 Å². The first kappa shape index (κ1) is 18.6. The molecule has 2 unspecified atom stereocenters. The lowest BCUT2D eigenvalue weighted by molar-refractivity contribution is 0.0639. The molecule has 29 heavy (non-hydrogen) atoms. The molecule has 1 aliphatic heterocycles. The molecule has 1 fully saturated rings. The Morgan fingerprint density at radius 1 is 1.07 bits per heavy atom. The van der Waals surface area contributed by atoms with Gasteiger partial charge in [0.2, 0.25) is 0 Å². The molecule has 148 valence electrons. The first-order chi connectivity index (χ1) is 14.3. The first-order valence-electron chi connectivity index (χ1n) is 10.2. The summed E-state index contributed by atoms with van der Waals surface area (Å²) in [6.07, 6.45) is 1.70. The number of benzene rings is 3. The monoisotopic (exact) mass is 404 g/mol. The standard InChI is InChI=1S/C24H24N2O2S/c27-19(16-28-20-12-11-17-6-1-2-7-18(17)14-20)15-26-13-5-9-22(26)24-25-21-8-3-4-10-23(21)29-24/h1-4,6-8,10-12,14,19,22,27H,5,9,13,15-16H2. The predicted molar refractivity (Wildman–Crippen MR) is 119 cm³/mol. The Kier molecular flexibility index (Phi) is 5.19. The van der Waals surface area contributed by atoms with Gasteiger partial charge >= 0.3 is 0 Å². The third-order valence-corrected chi connectivity index (χ3v) is 6.71. The first-order valence-corrected chi connectivity index (χ1v) is 11.0. The number of fused-ring (bicyclic) bond motifs is 2. The summed E-state index contributed by atoms with van der Waals surface area (Å²) in [7, 11) is 0. The molecule has 0 spiro atoms. The molecular formula is C24H24N2O2S. The fourth-order valence-corrected chi connectivity index (χ4v) is 5.27. The van der Waals surface area contributed by atoms with Crippen molar-refractivity contribution < 1.29 is 9.84 Å². The van der Waals surface area contributed by atoms with E-state index in [9.17, 15) is 5.11 Å². The third-order valence-electron chi connectivity index (χ3n) is 5.57. The van der Waals surface area contributed by atoms with E-state index in [1.54, 1.807) is 11.3 Å². The van der Waals surface area contributed by atoms with Gasteiger partial charge in [-0.1, -0.05) is 42.5 Å². The van der Waals surface area contributed by atoms with Gasteiger partial charge in [-0.25, -0.2) is 4.98 Å². The van der Waals surface area contributed by atoms with Gasteiger partial charge in [0.05, 0.1) is 16.3 Å². The maximum atomic E-state index is 10.6. The van der Waals surface area contributed by atoms with Crippen LogP contribution in [0.5, 0.6) is 5.75 Å². The molecule has 4 nitrogen and oxygen atoms in total. The fourth-order valence-electron chi connectivity index (χ4n) is 4.13. The summed E-state index contributed by atoms with van der Waals surface area (Å²) in [5.74, 6) is 0.798. The number of aliphatic hydroxyl groups is 1.